The summed E-state index contributed by atoms with van der Waals surface area (Å²) < 4.78 is 19.1. The topological polar surface area (TPSA) is 90.5 Å². The van der Waals surface area contributed by atoms with Gasteiger partial charge in [0, 0.05) is 29.9 Å². The lowest BCUT2D eigenvalue weighted by Gasteiger charge is -2.21. The molecule has 2 rings (SSSR count). The third-order valence-corrected chi connectivity index (χ3v) is 4.05. The van der Waals surface area contributed by atoms with E-state index in [9.17, 15) is 4.39 Å². The van der Waals surface area contributed by atoms with Crippen molar-refractivity contribution in [1.82, 2.24) is 4.90 Å². The number of nitrogens with two attached hydrogens (primary N) is 3. The molecule has 26 heavy (non-hydrogen) atoms. The minimum atomic E-state index is -0.487. The van der Waals surface area contributed by atoms with Crippen LogP contribution in [0.4, 0.5) is 4.39 Å². The third-order valence-electron chi connectivity index (χ3n) is 3.81. The first-order valence-electron chi connectivity index (χ1n) is 7.83. The zero-order valence-electron chi connectivity index (χ0n) is 14.7. The lowest BCUT2D eigenvalue weighted by molar-refractivity contribution is 0.395. The molecular weight excluding hydrogens is 355 g/mol. The summed E-state index contributed by atoms with van der Waals surface area (Å²) >= 11 is 5.89. The molecule has 0 unspecified atom stereocenters. The van der Waals surface area contributed by atoms with Crippen molar-refractivity contribution >= 4 is 17.3 Å². The lowest BCUT2D eigenvalue weighted by atomic mass is 10.1. The zero-order chi connectivity index (χ0) is 19.3. The van der Waals surface area contributed by atoms with E-state index in [1.54, 1.807) is 19.1 Å². The Kier molecular flexibility index (Phi) is 6.36. The molecule has 138 valence electrons. The second-order valence-corrected chi connectivity index (χ2v) is 6.21. The third kappa shape index (κ3) is 4.83. The van der Waals surface area contributed by atoms with Crippen molar-refractivity contribution in [2.45, 2.75) is 6.54 Å². The predicted octanol–water partition coefficient (Wildman–Crippen LogP) is 3.01. The summed E-state index contributed by atoms with van der Waals surface area (Å²) in [5, 5.41) is 0.378. The van der Waals surface area contributed by atoms with Gasteiger partial charge in [0.25, 0.3) is 0 Å². The number of halogens is 2. The van der Waals surface area contributed by atoms with Gasteiger partial charge in [0.1, 0.15) is 17.4 Å². The Labute approximate surface area is 157 Å². The fraction of sp³-hybridized carbons (Fsp3) is 0.158. The lowest BCUT2D eigenvalue weighted by Crippen LogP contribution is -2.27. The fourth-order valence-electron chi connectivity index (χ4n) is 2.39. The summed E-state index contributed by atoms with van der Waals surface area (Å²) in [4.78, 5) is 1.77. The van der Waals surface area contributed by atoms with Gasteiger partial charge in [-0.3, -0.25) is 0 Å². The maximum absolute atomic E-state index is 13.9. The number of hydrogen-bond acceptors (Lipinski definition) is 5. The van der Waals surface area contributed by atoms with E-state index in [1.165, 1.54) is 24.3 Å². The Morgan fingerprint density at radius 3 is 2.62 bits per heavy atom. The normalized spacial score (nSPS) is 12.5. The highest BCUT2D eigenvalue weighted by atomic mass is 35.5. The predicted molar refractivity (Wildman–Crippen MR) is 103 cm³/mol. The highest BCUT2D eigenvalue weighted by molar-refractivity contribution is 6.30. The van der Waals surface area contributed by atoms with E-state index < -0.39 is 5.82 Å². The van der Waals surface area contributed by atoms with Gasteiger partial charge >= 0.3 is 0 Å². The largest absolute Gasteiger partial charge is 0.497 e. The molecule has 2 aromatic rings. The summed E-state index contributed by atoms with van der Waals surface area (Å²) in [6.07, 6.45) is 1.42. The van der Waals surface area contributed by atoms with E-state index in [-0.39, 0.29) is 17.0 Å². The highest BCUT2D eigenvalue weighted by Gasteiger charge is 2.09. The molecule has 0 spiro atoms. The molecule has 0 fully saturated rings. The SMILES string of the molecule is COc1cccc(CN(C)/C(N)=C(N)/C=C(\N)c2cc(Cl)ccc2F)c1. The molecule has 6 N–H and O–H groups in total. The molecule has 0 heterocycles. The molecular formula is C19H22ClFN4O. The molecule has 2 aromatic carbocycles. The van der Waals surface area contributed by atoms with Gasteiger partial charge in [-0.2, -0.15) is 0 Å². The first-order valence-corrected chi connectivity index (χ1v) is 8.21. The molecule has 5 nitrogen and oxygen atoms in total. The monoisotopic (exact) mass is 376 g/mol. The van der Waals surface area contributed by atoms with Crippen LogP contribution in [0.25, 0.3) is 5.70 Å². The minimum absolute atomic E-state index is 0.139. The van der Waals surface area contributed by atoms with Gasteiger partial charge in [0.05, 0.1) is 12.8 Å². The van der Waals surface area contributed by atoms with Crippen LogP contribution in [0.2, 0.25) is 5.02 Å². The first kappa shape index (κ1) is 19.5. The fourth-order valence-corrected chi connectivity index (χ4v) is 2.56. The van der Waals surface area contributed by atoms with Crippen molar-refractivity contribution in [3.05, 3.63) is 82.0 Å². The van der Waals surface area contributed by atoms with Crippen LogP contribution in [0.5, 0.6) is 5.75 Å². The summed E-state index contributed by atoms with van der Waals surface area (Å²) in [5.41, 5.74) is 19.6. The molecule has 0 radical (unpaired) electrons. The van der Waals surface area contributed by atoms with Gasteiger partial charge in [0.2, 0.25) is 0 Å². The Balaban J connectivity index is 2.22. The van der Waals surface area contributed by atoms with Crippen molar-refractivity contribution in [3.8, 4) is 5.75 Å². The van der Waals surface area contributed by atoms with Gasteiger partial charge in [-0.1, -0.05) is 23.7 Å². The van der Waals surface area contributed by atoms with E-state index in [1.807, 2.05) is 24.3 Å². The molecule has 0 aliphatic heterocycles. The Morgan fingerprint density at radius 2 is 1.92 bits per heavy atom. The average molecular weight is 377 g/mol. The number of methoxy groups -OCH3 is 1. The minimum Gasteiger partial charge on any atom is -0.497 e. The average Bonchev–Trinajstić information content (AvgIpc) is 2.62. The molecule has 0 aliphatic carbocycles. The van der Waals surface area contributed by atoms with Gasteiger partial charge in [-0.15, -0.1) is 0 Å². The Bertz CT molecular complexity index is 851. The van der Waals surface area contributed by atoms with Crippen molar-refractivity contribution < 1.29 is 9.13 Å². The Hall–Kier alpha value is -2.86. The number of nitrogens with zero attached hydrogens (tertiary/aromatic N) is 1. The summed E-state index contributed by atoms with van der Waals surface area (Å²) in [5.74, 6) is 0.587. The van der Waals surface area contributed by atoms with Crippen molar-refractivity contribution in [2.75, 3.05) is 14.2 Å². The van der Waals surface area contributed by atoms with Crippen LogP contribution < -0.4 is 21.9 Å². The summed E-state index contributed by atoms with van der Waals surface area (Å²) in [6, 6.07) is 11.7. The number of hydrogen-bond donors (Lipinski definition) is 3. The molecule has 0 bridgehead atoms. The smallest absolute Gasteiger partial charge is 0.132 e. The molecule has 7 heteroatoms. The van der Waals surface area contributed by atoms with Crippen LogP contribution in [0.15, 0.2) is 60.1 Å². The van der Waals surface area contributed by atoms with Crippen LogP contribution in [0, 0.1) is 5.82 Å². The van der Waals surface area contributed by atoms with E-state index >= 15 is 0 Å². The molecule has 0 saturated heterocycles. The van der Waals surface area contributed by atoms with Crippen molar-refractivity contribution in [1.29, 1.82) is 0 Å². The maximum atomic E-state index is 13.9. The van der Waals surface area contributed by atoms with E-state index in [0.29, 0.717) is 17.4 Å². The van der Waals surface area contributed by atoms with E-state index in [0.717, 1.165) is 11.3 Å². The molecule has 0 amide bonds. The first-order chi connectivity index (χ1) is 12.3. The van der Waals surface area contributed by atoms with Crippen LogP contribution in [0.3, 0.4) is 0 Å². The maximum Gasteiger partial charge on any atom is 0.132 e. The van der Waals surface area contributed by atoms with E-state index in [4.69, 9.17) is 33.5 Å². The van der Waals surface area contributed by atoms with E-state index in [2.05, 4.69) is 0 Å². The molecule has 0 saturated carbocycles. The van der Waals surface area contributed by atoms with Crippen LogP contribution >= 0.6 is 11.6 Å². The van der Waals surface area contributed by atoms with Crippen LogP contribution in [0.1, 0.15) is 11.1 Å². The van der Waals surface area contributed by atoms with Crippen LogP contribution in [-0.2, 0) is 6.54 Å². The number of ether oxygens (including phenoxy) is 1. The number of allylic oxidation sites excluding steroid dienone is 1. The Morgan fingerprint density at radius 1 is 1.19 bits per heavy atom. The van der Waals surface area contributed by atoms with Gasteiger partial charge < -0.3 is 26.8 Å². The second kappa shape index (κ2) is 8.49. The quantitative estimate of drug-likeness (QED) is 0.674. The van der Waals surface area contributed by atoms with Gasteiger partial charge in [-0.25, -0.2) is 4.39 Å². The molecule has 0 aromatic heterocycles. The number of rotatable bonds is 6. The number of benzene rings is 2. The standard InChI is InChI=1S/C19H22ClFN4O/c1-25(11-12-4-3-5-14(8-12)26-2)19(24)18(23)10-17(22)15-9-13(20)6-7-16(15)21/h3-10H,11,22-24H2,1-2H3/b17-10-,19-18-. The van der Waals surface area contributed by atoms with Crippen LogP contribution in [-0.4, -0.2) is 19.1 Å². The summed E-state index contributed by atoms with van der Waals surface area (Å²) in [7, 11) is 3.41. The van der Waals surface area contributed by atoms with Crippen molar-refractivity contribution in [3.63, 3.8) is 0 Å². The van der Waals surface area contributed by atoms with Crippen molar-refractivity contribution in [2.24, 2.45) is 17.2 Å². The van der Waals surface area contributed by atoms with Gasteiger partial charge in [-0.05, 0) is 42.0 Å². The zero-order valence-corrected chi connectivity index (χ0v) is 15.4. The highest BCUT2D eigenvalue weighted by Crippen LogP contribution is 2.20. The second-order valence-electron chi connectivity index (χ2n) is 5.77. The molecule has 0 aliphatic rings. The van der Waals surface area contributed by atoms with Gasteiger partial charge in [0.15, 0.2) is 0 Å². The summed E-state index contributed by atoms with van der Waals surface area (Å²) in [6.45, 7) is 0.517. The molecule has 0 atom stereocenters.